The Kier molecular flexibility index (Phi) is 4.93. The molecule has 1 amide bonds. The van der Waals surface area contributed by atoms with Crippen LogP contribution in [0.25, 0.3) is 11.3 Å². The lowest BCUT2D eigenvalue weighted by atomic mass is 10.2. The highest BCUT2D eigenvalue weighted by Crippen LogP contribution is 2.36. The fraction of sp³-hybridized carbons (Fsp3) is 0.444. The molecule has 7 nitrogen and oxygen atoms in total. The lowest BCUT2D eigenvalue weighted by Crippen LogP contribution is -2.21. The number of rotatable bonds is 5. The van der Waals surface area contributed by atoms with Crippen molar-refractivity contribution in [3.05, 3.63) is 34.2 Å². The molecular weight excluding hydrogens is 405 g/mol. The summed E-state index contributed by atoms with van der Waals surface area (Å²) in [6, 6.07) is 0. The van der Waals surface area contributed by atoms with Crippen molar-refractivity contribution in [3.63, 3.8) is 0 Å². The van der Waals surface area contributed by atoms with E-state index in [1.54, 1.807) is 4.68 Å². The molecule has 0 radical (unpaired) electrons. The molecule has 0 saturated carbocycles. The molecule has 0 saturated heterocycles. The van der Waals surface area contributed by atoms with Crippen molar-refractivity contribution in [2.75, 3.05) is 5.32 Å². The lowest BCUT2D eigenvalue weighted by Gasteiger charge is -2.06. The van der Waals surface area contributed by atoms with Crippen LogP contribution >= 0.6 is 11.3 Å². The Hall–Kier alpha value is -2.69. The molecule has 4 rings (SSSR count). The fourth-order valence-corrected chi connectivity index (χ4v) is 4.28. The van der Waals surface area contributed by atoms with E-state index in [0.29, 0.717) is 35.8 Å². The minimum absolute atomic E-state index is 0.213. The Morgan fingerprint density at radius 2 is 2.10 bits per heavy atom. The van der Waals surface area contributed by atoms with Gasteiger partial charge in [-0.1, -0.05) is 0 Å². The molecule has 0 fully saturated rings. The largest absolute Gasteiger partial charge is 0.435 e. The Balaban J connectivity index is 1.49. The van der Waals surface area contributed by atoms with E-state index in [4.69, 9.17) is 0 Å². The number of fused-ring (bicyclic) bond motifs is 1. The average Bonchev–Trinajstić information content (AvgIpc) is 3.39. The van der Waals surface area contributed by atoms with Crippen LogP contribution in [0.4, 0.5) is 18.3 Å². The van der Waals surface area contributed by atoms with Crippen LogP contribution in [0.1, 0.15) is 36.0 Å². The van der Waals surface area contributed by atoms with Crippen molar-refractivity contribution in [2.45, 2.75) is 52.4 Å². The highest BCUT2D eigenvalue weighted by atomic mass is 32.1. The first-order valence-corrected chi connectivity index (χ1v) is 10.1. The molecule has 0 spiro atoms. The summed E-state index contributed by atoms with van der Waals surface area (Å²) < 4.78 is 42.5. The van der Waals surface area contributed by atoms with Crippen molar-refractivity contribution < 1.29 is 18.0 Å². The Bertz CT molecular complexity index is 1060. The number of hydrogen-bond acceptors (Lipinski definition) is 5. The zero-order chi connectivity index (χ0) is 20.8. The molecule has 29 heavy (non-hydrogen) atoms. The average molecular weight is 424 g/mol. The highest BCUT2D eigenvalue weighted by molar-refractivity contribution is 7.14. The molecule has 3 aromatic rings. The number of amides is 1. The van der Waals surface area contributed by atoms with Gasteiger partial charge in [-0.05, 0) is 33.1 Å². The summed E-state index contributed by atoms with van der Waals surface area (Å²) in [5.74, 6) is -0.460. The van der Waals surface area contributed by atoms with Crippen molar-refractivity contribution >= 4 is 22.4 Å². The molecule has 0 aromatic carbocycles. The van der Waals surface area contributed by atoms with Crippen LogP contribution in [0.3, 0.4) is 0 Å². The number of aromatic nitrogens is 5. The third-order valence-corrected chi connectivity index (χ3v) is 5.62. The Morgan fingerprint density at radius 1 is 1.31 bits per heavy atom. The number of alkyl halides is 3. The second-order valence-electron chi connectivity index (χ2n) is 6.85. The molecular formula is C18H19F3N6OS. The Labute approximate surface area is 168 Å². The summed E-state index contributed by atoms with van der Waals surface area (Å²) in [5.41, 5.74) is 2.24. The third kappa shape index (κ3) is 3.78. The van der Waals surface area contributed by atoms with Crippen molar-refractivity contribution in [3.8, 4) is 11.3 Å². The zero-order valence-corrected chi connectivity index (χ0v) is 16.7. The number of carbonyl (C=O) groups is 1. The van der Waals surface area contributed by atoms with Crippen LogP contribution in [0.15, 0.2) is 11.6 Å². The number of hydrogen-bond donors (Lipinski definition) is 1. The third-order valence-electron chi connectivity index (χ3n) is 4.87. The fourth-order valence-electron chi connectivity index (χ4n) is 3.55. The molecule has 3 aromatic heterocycles. The lowest BCUT2D eigenvalue weighted by molar-refractivity contribution is -0.142. The molecule has 3 heterocycles. The van der Waals surface area contributed by atoms with E-state index in [-0.39, 0.29) is 12.1 Å². The predicted octanol–water partition coefficient (Wildman–Crippen LogP) is 3.68. The molecule has 0 aliphatic heterocycles. The summed E-state index contributed by atoms with van der Waals surface area (Å²) in [4.78, 5) is 16.8. The molecule has 1 aliphatic carbocycles. The van der Waals surface area contributed by atoms with Gasteiger partial charge in [0.05, 0.1) is 11.4 Å². The molecule has 0 bridgehead atoms. The SMILES string of the molecule is CCn1cc(-c2csc(NC(=O)Cn3nc(C(F)(F)F)c4c3CCC4)n2)c(C)n1. The quantitative estimate of drug-likeness (QED) is 0.678. The predicted molar refractivity (Wildman–Crippen MR) is 102 cm³/mol. The van der Waals surface area contributed by atoms with E-state index < -0.39 is 17.8 Å². The van der Waals surface area contributed by atoms with Gasteiger partial charge in [0.25, 0.3) is 0 Å². The van der Waals surface area contributed by atoms with Gasteiger partial charge in [-0.25, -0.2) is 4.98 Å². The van der Waals surface area contributed by atoms with Crippen LogP contribution in [-0.2, 0) is 36.9 Å². The summed E-state index contributed by atoms with van der Waals surface area (Å²) in [7, 11) is 0. The zero-order valence-electron chi connectivity index (χ0n) is 15.9. The van der Waals surface area contributed by atoms with Gasteiger partial charge >= 0.3 is 6.18 Å². The standard InChI is InChI=1S/C18H19F3N6OS/c1-3-26-7-12(10(2)24-26)13-9-29-17(22-13)23-15(28)8-27-14-6-4-5-11(14)16(25-27)18(19,20)21/h7,9H,3-6,8H2,1-2H3,(H,22,23,28). The van der Waals surface area contributed by atoms with Gasteiger partial charge in [0, 0.05) is 34.9 Å². The van der Waals surface area contributed by atoms with Crippen LogP contribution in [0.2, 0.25) is 0 Å². The molecule has 1 aliphatic rings. The van der Waals surface area contributed by atoms with E-state index in [2.05, 4.69) is 20.5 Å². The number of nitrogens with one attached hydrogen (secondary N) is 1. The Morgan fingerprint density at radius 3 is 2.79 bits per heavy atom. The molecule has 0 atom stereocenters. The van der Waals surface area contributed by atoms with Gasteiger partial charge in [-0.15, -0.1) is 11.3 Å². The second kappa shape index (κ2) is 7.29. The van der Waals surface area contributed by atoms with Gasteiger partial charge in [0.2, 0.25) is 5.91 Å². The second-order valence-corrected chi connectivity index (χ2v) is 7.71. The van der Waals surface area contributed by atoms with Gasteiger partial charge in [-0.2, -0.15) is 23.4 Å². The number of thiazole rings is 1. The van der Waals surface area contributed by atoms with Crippen LogP contribution < -0.4 is 5.32 Å². The summed E-state index contributed by atoms with van der Waals surface area (Å²) in [5, 5.41) is 12.9. The summed E-state index contributed by atoms with van der Waals surface area (Å²) in [6.07, 6.45) is -1.15. The van der Waals surface area contributed by atoms with Gasteiger partial charge < -0.3 is 5.32 Å². The minimum Gasteiger partial charge on any atom is -0.300 e. The number of nitrogens with zero attached hydrogens (tertiary/aromatic N) is 5. The number of anilines is 1. The van der Waals surface area contributed by atoms with Gasteiger partial charge in [0.15, 0.2) is 10.8 Å². The first kappa shape index (κ1) is 19.6. The summed E-state index contributed by atoms with van der Waals surface area (Å²) >= 11 is 1.25. The monoisotopic (exact) mass is 424 g/mol. The van der Waals surface area contributed by atoms with Crippen molar-refractivity contribution in [2.24, 2.45) is 0 Å². The van der Waals surface area contributed by atoms with Crippen molar-refractivity contribution in [1.29, 1.82) is 0 Å². The van der Waals surface area contributed by atoms with Crippen LogP contribution in [0.5, 0.6) is 0 Å². The number of aryl methyl sites for hydroxylation is 2. The van der Waals surface area contributed by atoms with E-state index in [9.17, 15) is 18.0 Å². The van der Waals surface area contributed by atoms with E-state index in [1.165, 1.54) is 16.0 Å². The van der Waals surface area contributed by atoms with Crippen LogP contribution in [-0.4, -0.2) is 30.5 Å². The van der Waals surface area contributed by atoms with Crippen molar-refractivity contribution in [1.82, 2.24) is 24.5 Å². The molecule has 11 heteroatoms. The number of halogens is 3. The molecule has 154 valence electrons. The van der Waals surface area contributed by atoms with E-state index >= 15 is 0 Å². The smallest absolute Gasteiger partial charge is 0.300 e. The molecule has 0 unspecified atom stereocenters. The van der Waals surface area contributed by atoms with Gasteiger partial charge in [0.1, 0.15) is 6.54 Å². The van der Waals surface area contributed by atoms with E-state index in [1.807, 2.05) is 25.4 Å². The van der Waals surface area contributed by atoms with E-state index in [0.717, 1.165) is 17.8 Å². The normalized spacial score (nSPS) is 13.7. The van der Waals surface area contributed by atoms with Crippen LogP contribution in [0, 0.1) is 6.92 Å². The van der Waals surface area contributed by atoms with Gasteiger partial charge in [-0.3, -0.25) is 14.2 Å². The summed E-state index contributed by atoms with van der Waals surface area (Å²) in [6.45, 7) is 4.33. The maximum atomic E-state index is 13.2. The number of carbonyl (C=O) groups excluding carboxylic acids is 1. The molecule has 1 N–H and O–H groups in total. The topological polar surface area (TPSA) is 77.6 Å². The maximum absolute atomic E-state index is 13.2. The first-order valence-electron chi connectivity index (χ1n) is 9.21. The highest BCUT2D eigenvalue weighted by Gasteiger charge is 2.40. The maximum Gasteiger partial charge on any atom is 0.435 e. The minimum atomic E-state index is -4.51. The first-order chi connectivity index (χ1) is 13.8.